The topological polar surface area (TPSA) is 15.3 Å². The van der Waals surface area contributed by atoms with Crippen molar-refractivity contribution in [3.63, 3.8) is 0 Å². The Hall–Kier alpha value is -1.02. The van der Waals surface area contributed by atoms with Crippen LogP contribution in [0.25, 0.3) is 0 Å². The highest BCUT2D eigenvalue weighted by Gasteiger charge is 2.48. The zero-order valence-corrected chi connectivity index (χ0v) is 8.75. The van der Waals surface area contributed by atoms with Gasteiger partial charge in [-0.25, -0.2) is 0 Å². The first-order chi connectivity index (χ1) is 6.73. The number of anilines is 1. The molecule has 0 aromatic heterocycles. The lowest BCUT2D eigenvalue weighted by atomic mass is 9.81. The summed E-state index contributed by atoms with van der Waals surface area (Å²) in [6, 6.07) is 8.78. The Labute approximate surface area is 84.9 Å². The van der Waals surface area contributed by atoms with Gasteiger partial charge in [-0.2, -0.15) is 0 Å². The number of para-hydroxylation sites is 1. The minimum absolute atomic E-state index is 0.325. The summed E-state index contributed by atoms with van der Waals surface area (Å²) in [7, 11) is 2.19. The van der Waals surface area contributed by atoms with Crippen LogP contribution in [-0.2, 0) is 5.41 Å². The number of nitrogens with one attached hydrogen (secondary N) is 1. The number of likely N-dealkylation sites (N-methyl/N-ethyl adjacent to an activating group) is 1. The molecule has 0 bridgehead atoms. The molecule has 1 fully saturated rings. The molecule has 2 unspecified atom stereocenters. The molecule has 2 heterocycles. The second-order valence-corrected chi connectivity index (χ2v) is 4.65. The van der Waals surface area contributed by atoms with Gasteiger partial charge in [0, 0.05) is 18.2 Å². The quantitative estimate of drug-likeness (QED) is 0.667. The number of hydrogen-bond acceptors (Lipinski definition) is 2. The van der Waals surface area contributed by atoms with Crippen molar-refractivity contribution in [2.75, 3.05) is 18.5 Å². The largest absolute Gasteiger partial charge is 0.358 e. The van der Waals surface area contributed by atoms with Gasteiger partial charge in [0.2, 0.25) is 0 Å². The maximum Gasteiger partial charge on any atom is 0.0889 e. The highest BCUT2D eigenvalue weighted by molar-refractivity contribution is 5.64. The lowest BCUT2D eigenvalue weighted by Gasteiger charge is -2.27. The minimum Gasteiger partial charge on any atom is -0.358 e. The summed E-state index contributed by atoms with van der Waals surface area (Å²) < 4.78 is 0. The molecular weight excluding hydrogens is 172 g/mol. The van der Waals surface area contributed by atoms with E-state index in [1.165, 1.54) is 17.7 Å². The molecule has 14 heavy (non-hydrogen) atoms. The third-order valence-corrected chi connectivity index (χ3v) is 3.87. The van der Waals surface area contributed by atoms with Crippen molar-refractivity contribution in [2.45, 2.75) is 24.9 Å². The minimum atomic E-state index is 0.325. The molecule has 0 radical (unpaired) electrons. The number of hydrogen-bond donors (Lipinski definition) is 1. The summed E-state index contributed by atoms with van der Waals surface area (Å²) >= 11 is 0. The van der Waals surface area contributed by atoms with Crippen LogP contribution in [0.15, 0.2) is 24.3 Å². The van der Waals surface area contributed by atoms with Gasteiger partial charge in [0.15, 0.2) is 0 Å². The molecule has 0 amide bonds. The Kier molecular flexibility index (Phi) is 1.49. The van der Waals surface area contributed by atoms with E-state index in [0.717, 1.165) is 6.54 Å². The third-order valence-electron chi connectivity index (χ3n) is 3.87. The van der Waals surface area contributed by atoms with Crippen LogP contribution in [0.5, 0.6) is 0 Å². The van der Waals surface area contributed by atoms with Crippen molar-refractivity contribution in [1.29, 1.82) is 0 Å². The predicted octanol–water partition coefficient (Wildman–Crippen LogP) is 1.71. The molecule has 2 atom stereocenters. The highest BCUT2D eigenvalue weighted by atomic mass is 15.3. The molecule has 0 spiro atoms. The fourth-order valence-electron chi connectivity index (χ4n) is 3.08. The average Bonchev–Trinajstić information content (AvgIpc) is 2.67. The third kappa shape index (κ3) is 0.800. The Morgan fingerprint density at radius 2 is 2.21 bits per heavy atom. The van der Waals surface area contributed by atoms with Gasteiger partial charge >= 0.3 is 0 Å². The molecule has 3 rings (SSSR count). The average molecular weight is 188 g/mol. The summed E-state index contributed by atoms with van der Waals surface area (Å²) in [6.45, 7) is 3.51. The molecule has 2 heteroatoms. The van der Waals surface area contributed by atoms with E-state index in [1.807, 2.05) is 0 Å². The van der Waals surface area contributed by atoms with Gasteiger partial charge in [-0.05, 0) is 24.6 Å². The van der Waals surface area contributed by atoms with Gasteiger partial charge in [-0.15, -0.1) is 0 Å². The van der Waals surface area contributed by atoms with Gasteiger partial charge in [0.05, 0.1) is 6.17 Å². The van der Waals surface area contributed by atoms with Crippen molar-refractivity contribution in [3.8, 4) is 0 Å². The van der Waals surface area contributed by atoms with E-state index in [0.29, 0.717) is 11.6 Å². The Bertz CT molecular complexity index is 374. The Balaban J connectivity index is 2.21. The number of fused-ring (bicyclic) bond motifs is 3. The summed E-state index contributed by atoms with van der Waals surface area (Å²) in [5, 5.41) is 3.58. The van der Waals surface area contributed by atoms with Crippen LogP contribution in [0.4, 0.5) is 5.69 Å². The molecular formula is C12H16N2. The monoisotopic (exact) mass is 188 g/mol. The van der Waals surface area contributed by atoms with E-state index in [2.05, 4.69) is 48.5 Å². The second-order valence-electron chi connectivity index (χ2n) is 4.65. The molecule has 1 aromatic carbocycles. The standard InChI is InChI=1S/C12H16N2/c1-12-7-8-13-11(12)14(2)10-6-4-3-5-9(10)12/h3-6,11,13H,7-8H2,1-2H3. The van der Waals surface area contributed by atoms with E-state index >= 15 is 0 Å². The lowest BCUT2D eigenvalue weighted by molar-refractivity contribution is 0.431. The van der Waals surface area contributed by atoms with E-state index in [1.54, 1.807) is 0 Å². The first-order valence-electron chi connectivity index (χ1n) is 5.29. The Morgan fingerprint density at radius 1 is 1.43 bits per heavy atom. The Morgan fingerprint density at radius 3 is 3.07 bits per heavy atom. The fourth-order valence-corrected chi connectivity index (χ4v) is 3.08. The molecule has 74 valence electrons. The molecule has 0 aliphatic carbocycles. The van der Waals surface area contributed by atoms with Crippen molar-refractivity contribution in [1.82, 2.24) is 5.32 Å². The van der Waals surface area contributed by atoms with Crippen LogP contribution < -0.4 is 10.2 Å². The smallest absolute Gasteiger partial charge is 0.0889 e. The molecule has 1 aromatic rings. The van der Waals surface area contributed by atoms with Crippen LogP contribution in [-0.4, -0.2) is 19.8 Å². The summed E-state index contributed by atoms with van der Waals surface area (Å²) in [6.07, 6.45) is 1.75. The fraction of sp³-hybridized carbons (Fsp3) is 0.500. The second kappa shape index (κ2) is 2.51. The molecule has 2 nitrogen and oxygen atoms in total. The molecule has 1 saturated heterocycles. The van der Waals surface area contributed by atoms with Crippen molar-refractivity contribution in [3.05, 3.63) is 29.8 Å². The summed E-state index contributed by atoms with van der Waals surface area (Å²) in [5.41, 5.74) is 3.23. The van der Waals surface area contributed by atoms with Crippen LogP contribution in [0.2, 0.25) is 0 Å². The van der Waals surface area contributed by atoms with E-state index in [9.17, 15) is 0 Å². The van der Waals surface area contributed by atoms with E-state index in [-0.39, 0.29) is 0 Å². The van der Waals surface area contributed by atoms with Crippen molar-refractivity contribution >= 4 is 5.69 Å². The van der Waals surface area contributed by atoms with Gasteiger partial charge in [0.25, 0.3) is 0 Å². The zero-order chi connectivity index (χ0) is 9.76. The van der Waals surface area contributed by atoms with Gasteiger partial charge in [-0.3, -0.25) is 5.32 Å². The maximum absolute atomic E-state index is 3.58. The predicted molar refractivity (Wildman–Crippen MR) is 58.6 cm³/mol. The lowest BCUT2D eigenvalue weighted by Crippen LogP contribution is -2.44. The zero-order valence-electron chi connectivity index (χ0n) is 8.75. The number of rotatable bonds is 0. The molecule has 2 aliphatic heterocycles. The van der Waals surface area contributed by atoms with Crippen LogP contribution in [0, 0.1) is 0 Å². The summed E-state index contributed by atoms with van der Waals surface area (Å²) in [4.78, 5) is 2.38. The van der Waals surface area contributed by atoms with Gasteiger partial charge < -0.3 is 4.90 Å². The first kappa shape index (κ1) is 8.30. The van der Waals surface area contributed by atoms with Gasteiger partial charge in [0.1, 0.15) is 0 Å². The normalized spacial score (nSPS) is 34.4. The van der Waals surface area contributed by atoms with Crippen LogP contribution in [0.1, 0.15) is 18.9 Å². The van der Waals surface area contributed by atoms with E-state index < -0.39 is 0 Å². The van der Waals surface area contributed by atoms with Crippen LogP contribution >= 0.6 is 0 Å². The molecule has 0 saturated carbocycles. The summed E-state index contributed by atoms with van der Waals surface area (Å²) in [5.74, 6) is 0. The molecule has 1 N–H and O–H groups in total. The van der Waals surface area contributed by atoms with Gasteiger partial charge in [-0.1, -0.05) is 25.1 Å². The molecule has 2 aliphatic rings. The van der Waals surface area contributed by atoms with Crippen molar-refractivity contribution < 1.29 is 0 Å². The first-order valence-corrected chi connectivity index (χ1v) is 5.29. The number of nitrogens with zero attached hydrogens (tertiary/aromatic N) is 1. The highest BCUT2D eigenvalue weighted by Crippen LogP contribution is 2.47. The van der Waals surface area contributed by atoms with Crippen molar-refractivity contribution in [2.24, 2.45) is 0 Å². The number of benzene rings is 1. The maximum atomic E-state index is 3.58. The van der Waals surface area contributed by atoms with Crippen LogP contribution in [0.3, 0.4) is 0 Å². The SMILES string of the molecule is CN1c2ccccc2C2(C)CCNC12. The van der Waals surface area contributed by atoms with E-state index in [4.69, 9.17) is 0 Å².